The van der Waals surface area contributed by atoms with Crippen LogP contribution in [-0.2, 0) is 27.8 Å². The summed E-state index contributed by atoms with van der Waals surface area (Å²) in [5.41, 5.74) is 3.72. The fourth-order valence-corrected chi connectivity index (χ4v) is 4.45. The van der Waals surface area contributed by atoms with Crippen molar-refractivity contribution in [3.05, 3.63) is 46.8 Å². The molecule has 1 aliphatic rings. The molecule has 128 valence electrons. The van der Waals surface area contributed by atoms with Gasteiger partial charge in [-0.25, -0.2) is 0 Å². The Labute approximate surface area is 144 Å². The minimum atomic E-state index is -1.28. The van der Waals surface area contributed by atoms with Gasteiger partial charge in [0.2, 0.25) is 5.91 Å². The summed E-state index contributed by atoms with van der Waals surface area (Å²) >= 11 is 0. The van der Waals surface area contributed by atoms with Crippen molar-refractivity contribution in [2.45, 2.75) is 45.4 Å². The van der Waals surface area contributed by atoms with Crippen molar-refractivity contribution in [2.75, 3.05) is 10.7 Å². The van der Waals surface area contributed by atoms with Crippen molar-refractivity contribution in [3.63, 3.8) is 0 Å². The number of aromatic nitrogens is 1. The van der Waals surface area contributed by atoms with Crippen molar-refractivity contribution < 1.29 is 13.5 Å². The van der Waals surface area contributed by atoms with Gasteiger partial charge in [0.25, 0.3) is 0 Å². The maximum atomic E-state index is 12.8. The Kier molecular flexibility index (Phi) is 4.85. The molecule has 0 unspecified atom stereocenters. The number of para-hydroxylation sites is 1. The zero-order chi connectivity index (χ0) is 17.3. The summed E-state index contributed by atoms with van der Waals surface area (Å²) in [7, 11) is -1.28. The second-order valence-corrected chi connectivity index (χ2v) is 7.77. The largest absolute Gasteiger partial charge is 0.361 e. The maximum absolute atomic E-state index is 12.8. The highest BCUT2D eigenvalue weighted by Crippen LogP contribution is 2.30. The van der Waals surface area contributed by atoms with Crippen LogP contribution in [-0.4, -0.2) is 27.1 Å². The summed E-state index contributed by atoms with van der Waals surface area (Å²) < 4.78 is 17.6. The van der Waals surface area contributed by atoms with Gasteiger partial charge in [0, 0.05) is 28.1 Å². The van der Waals surface area contributed by atoms with Gasteiger partial charge in [0.1, 0.15) is 11.5 Å². The van der Waals surface area contributed by atoms with Crippen LogP contribution in [0.25, 0.3) is 0 Å². The SMILES string of the molecule is Cc1noc(C)c1C[S@@](=O)CC(=O)N1c2ccccc2CC[C@H]1C. The normalized spacial score (nSPS) is 18.3. The summed E-state index contributed by atoms with van der Waals surface area (Å²) in [5, 5.41) is 3.88. The number of amides is 1. The lowest BCUT2D eigenvalue weighted by molar-refractivity contribution is -0.116. The van der Waals surface area contributed by atoms with Gasteiger partial charge >= 0.3 is 0 Å². The van der Waals surface area contributed by atoms with E-state index in [1.807, 2.05) is 36.9 Å². The molecular formula is C18H22N2O3S. The van der Waals surface area contributed by atoms with Gasteiger partial charge in [-0.05, 0) is 45.2 Å². The molecule has 0 spiro atoms. The van der Waals surface area contributed by atoms with E-state index in [0.717, 1.165) is 29.8 Å². The van der Waals surface area contributed by atoms with Crippen LogP contribution >= 0.6 is 0 Å². The first-order chi connectivity index (χ1) is 11.5. The quantitative estimate of drug-likeness (QED) is 0.854. The third-order valence-corrected chi connectivity index (χ3v) is 5.74. The number of benzene rings is 1. The second kappa shape index (κ2) is 6.89. The van der Waals surface area contributed by atoms with E-state index in [-0.39, 0.29) is 17.7 Å². The molecular weight excluding hydrogens is 324 g/mol. The molecule has 1 aromatic heterocycles. The zero-order valence-corrected chi connectivity index (χ0v) is 15.1. The van der Waals surface area contributed by atoms with E-state index >= 15 is 0 Å². The Hall–Kier alpha value is -1.95. The monoisotopic (exact) mass is 346 g/mol. The van der Waals surface area contributed by atoms with Crippen LogP contribution < -0.4 is 4.90 Å². The van der Waals surface area contributed by atoms with Crippen molar-refractivity contribution in [2.24, 2.45) is 0 Å². The lowest BCUT2D eigenvalue weighted by Gasteiger charge is -2.35. The fourth-order valence-electron chi connectivity index (χ4n) is 3.20. The number of aryl methyl sites for hydroxylation is 3. The molecule has 1 aromatic carbocycles. The Balaban J connectivity index is 1.74. The van der Waals surface area contributed by atoms with E-state index < -0.39 is 10.8 Å². The molecule has 1 amide bonds. The second-order valence-electron chi connectivity index (χ2n) is 6.31. The summed E-state index contributed by atoms with van der Waals surface area (Å²) in [6, 6.07) is 8.09. The Morgan fingerprint density at radius 3 is 2.83 bits per heavy atom. The molecule has 2 aromatic rings. The minimum Gasteiger partial charge on any atom is -0.361 e. The Morgan fingerprint density at radius 1 is 1.38 bits per heavy atom. The molecule has 0 fully saturated rings. The number of hydrogen-bond acceptors (Lipinski definition) is 4. The molecule has 2 heterocycles. The molecule has 0 bridgehead atoms. The van der Waals surface area contributed by atoms with Crippen LogP contribution in [0.2, 0.25) is 0 Å². The van der Waals surface area contributed by atoms with E-state index in [4.69, 9.17) is 4.52 Å². The third-order valence-electron chi connectivity index (χ3n) is 4.56. The number of carbonyl (C=O) groups is 1. The van der Waals surface area contributed by atoms with Gasteiger partial charge in [-0.15, -0.1) is 0 Å². The number of rotatable bonds is 4. The molecule has 0 saturated heterocycles. The molecule has 6 heteroatoms. The van der Waals surface area contributed by atoms with E-state index in [2.05, 4.69) is 11.2 Å². The van der Waals surface area contributed by atoms with E-state index in [1.165, 1.54) is 5.56 Å². The van der Waals surface area contributed by atoms with Gasteiger partial charge in [-0.3, -0.25) is 9.00 Å². The molecule has 2 atom stereocenters. The van der Waals surface area contributed by atoms with Crippen molar-refractivity contribution in [1.29, 1.82) is 0 Å². The lowest BCUT2D eigenvalue weighted by atomic mass is 9.97. The van der Waals surface area contributed by atoms with Crippen molar-refractivity contribution in [1.82, 2.24) is 5.16 Å². The smallest absolute Gasteiger partial charge is 0.239 e. The van der Waals surface area contributed by atoms with Crippen LogP contribution in [0.4, 0.5) is 5.69 Å². The number of anilines is 1. The van der Waals surface area contributed by atoms with Crippen molar-refractivity contribution >= 4 is 22.4 Å². The van der Waals surface area contributed by atoms with E-state index in [0.29, 0.717) is 11.5 Å². The predicted octanol–water partition coefficient (Wildman–Crippen LogP) is 2.91. The summed E-state index contributed by atoms with van der Waals surface area (Å²) in [6.45, 7) is 5.68. The van der Waals surface area contributed by atoms with Crippen LogP contribution in [0.15, 0.2) is 28.8 Å². The number of nitrogens with zero attached hydrogens (tertiary/aromatic N) is 2. The highest BCUT2D eigenvalue weighted by atomic mass is 32.2. The third kappa shape index (κ3) is 3.29. The highest BCUT2D eigenvalue weighted by molar-refractivity contribution is 7.85. The number of fused-ring (bicyclic) bond motifs is 1. The molecule has 0 radical (unpaired) electrons. The first kappa shape index (κ1) is 16.9. The topological polar surface area (TPSA) is 63.4 Å². The fraction of sp³-hybridized carbons (Fsp3) is 0.444. The van der Waals surface area contributed by atoms with E-state index in [1.54, 1.807) is 6.92 Å². The minimum absolute atomic E-state index is 0.0166. The van der Waals surface area contributed by atoms with Gasteiger partial charge in [0.15, 0.2) is 0 Å². The molecule has 24 heavy (non-hydrogen) atoms. The summed E-state index contributed by atoms with van der Waals surface area (Å²) in [4.78, 5) is 14.6. The predicted molar refractivity (Wildman–Crippen MR) is 94.4 cm³/mol. The maximum Gasteiger partial charge on any atom is 0.239 e. The molecule has 1 aliphatic heterocycles. The van der Waals surface area contributed by atoms with Crippen LogP contribution in [0.3, 0.4) is 0 Å². The van der Waals surface area contributed by atoms with Gasteiger partial charge in [0.05, 0.1) is 11.4 Å². The number of carbonyl (C=O) groups excluding carboxylic acids is 1. The molecule has 0 N–H and O–H groups in total. The lowest BCUT2D eigenvalue weighted by Crippen LogP contribution is -2.44. The van der Waals surface area contributed by atoms with Crippen LogP contribution in [0.5, 0.6) is 0 Å². The number of hydrogen-bond donors (Lipinski definition) is 0. The molecule has 5 nitrogen and oxygen atoms in total. The molecule has 0 aliphatic carbocycles. The van der Waals surface area contributed by atoms with Crippen molar-refractivity contribution in [3.8, 4) is 0 Å². The van der Waals surface area contributed by atoms with Crippen LogP contribution in [0, 0.1) is 13.8 Å². The van der Waals surface area contributed by atoms with Gasteiger partial charge in [-0.1, -0.05) is 23.4 Å². The zero-order valence-electron chi connectivity index (χ0n) is 14.2. The Morgan fingerprint density at radius 2 is 2.12 bits per heavy atom. The van der Waals surface area contributed by atoms with Gasteiger partial charge in [-0.2, -0.15) is 0 Å². The summed E-state index contributed by atoms with van der Waals surface area (Å²) in [5.74, 6) is 0.907. The standard InChI is InChI=1S/C18H22N2O3S/c1-12-8-9-15-6-4-5-7-17(15)20(12)18(21)11-24(22)10-16-13(2)19-23-14(16)3/h4-7,12H,8-11H2,1-3H3/t12-,24-/m1/s1. The first-order valence-electron chi connectivity index (χ1n) is 8.14. The highest BCUT2D eigenvalue weighted by Gasteiger charge is 2.29. The van der Waals surface area contributed by atoms with E-state index in [9.17, 15) is 9.00 Å². The molecule has 0 saturated carbocycles. The summed E-state index contributed by atoms with van der Waals surface area (Å²) in [6.07, 6.45) is 1.91. The first-order valence-corrected chi connectivity index (χ1v) is 9.63. The van der Waals surface area contributed by atoms with Gasteiger partial charge < -0.3 is 9.42 Å². The Bertz CT molecular complexity index is 765. The molecule has 3 rings (SSSR count). The average Bonchev–Trinajstić information content (AvgIpc) is 2.86. The average molecular weight is 346 g/mol. The van der Waals surface area contributed by atoms with Crippen LogP contribution in [0.1, 0.15) is 35.9 Å².